The molecule has 3 heteroatoms. The number of halogens is 1. The van der Waals surface area contributed by atoms with Crippen LogP contribution in [0.2, 0.25) is 0 Å². The highest BCUT2D eigenvalue weighted by Gasteiger charge is 2.50. The van der Waals surface area contributed by atoms with Crippen LogP contribution in [-0.2, 0) is 4.79 Å². The van der Waals surface area contributed by atoms with Crippen molar-refractivity contribution in [3.8, 4) is 0 Å². The molecule has 0 spiro atoms. The van der Waals surface area contributed by atoms with Crippen LogP contribution in [0.25, 0.3) is 0 Å². The zero-order chi connectivity index (χ0) is 15.9. The van der Waals surface area contributed by atoms with Gasteiger partial charge in [-0.25, -0.2) is 0 Å². The molecule has 1 amide bonds. The molecule has 1 N–H and O–H groups in total. The number of carbonyl (C=O) groups excluding carboxylic acids is 1. The molecule has 0 aromatic rings. The molecule has 22 heavy (non-hydrogen) atoms. The van der Waals surface area contributed by atoms with Gasteiger partial charge in [-0.2, -0.15) is 0 Å². The minimum atomic E-state index is 0.0647. The minimum Gasteiger partial charge on any atom is -0.349 e. The number of amides is 1. The van der Waals surface area contributed by atoms with Crippen LogP contribution >= 0.6 is 15.9 Å². The highest BCUT2D eigenvalue weighted by molar-refractivity contribution is 9.11. The molecule has 2 aliphatic carbocycles. The van der Waals surface area contributed by atoms with E-state index in [1.54, 1.807) is 5.57 Å². The third-order valence-electron chi connectivity index (χ3n) is 6.67. The summed E-state index contributed by atoms with van der Waals surface area (Å²) in [5.41, 5.74) is 2.84. The number of carbonyl (C=O) groups is 1. The molecule has 0 bridgehead atoms. The average molecular weight is 366 g/mol. The average Bonchev–Trinajstić information content (AvgIpc) is 2.98. The molecule has 2 nitrogen and oxygen atoms in total. The molecule has 3 fully saturated rings. The van der Waals surface area contributed by atoms with Crippen LogP contribution in [0.1, 0.15) is 58.8 Å². The van der Waals surface area contributed by atoms with Crippen molar-refractivity contribution in [2.24, 2.45) is 23.2 Å². The number of nitrogens with one attached hydrogen (secondary N) is 1. The van der Waals surface area contributed by atoms with Crippen molar-refractivity contribution in [3.63, 3.8) is 0 Å². The maximum absolute atomic E-state index is 11.6. The molecule has 1 saturated heterocycles. The summed E-state index contributed by atoms with van der Waals surface area (Å²) in [4.78, 5) is 13.8. The van der Waals surface area contributed by atoms with Crippen LogP contribution in [0.15, 0.2) is 22.7 Å². The summed E-state index contributed by atoms with van der Waals surface area (Å²) < 4.78 is 0. The van der Waals surface area contributed by atoms with E-state index in [0.717, 1.165) is 30.3 Å². The van der Waals surface area contributed by atoms with Crippen molar-refractivity contribution in [1.29, 1.82) is 0 Å². The maximum Gasteiger partial charge on any atom is 0.246 e. The van der Waals surface area contributed by atoms with Crippen LogP contribution in [0, 0.1) is 23.2 Å². The molecule has 1 aliphatic heterocycles. The van der Waals surface area contributed by atoms with Crippen molar-refractivity contribution >= 4 is 21.8 Å². The second kappa shape index (κ2) is 6.14. The van der Waals surface area contributed by atoms with Crippen LogP contribution in [-0.4, -0.2) is 11.9 Å². The normalized spacial score (nSPS) is 41.6. The van der Waals surface area contributed by atoms with E-state index in [-0.39, 0.29) is 5.91 Å². The van der Waals surface area contributed by atoms with Gasteiger partial charge in [0.2, 0.25) is 5.91 Å². The Bertz CT molecular complexity index is 496. The third-order valence-corrected chi connectivity index (χ3v) is 7.26. The lowest BCUT2D eigenvalue weighted by molar-refractivity contribution is -0.116. The molecule has 2 saturated carbocycles. The minimum absolute atomic E-state index is 0.0647. The summed E-state index contributed by atoms with van der Waals surface area (Å²) in [6.07, 6.45) is 8.57. The van der Waals surface area contributed by atoms with Gasteiger partial charge in [-0.05, 0) is 73.1 Å². The highest BCUT2D eigenvalue weighted by Crippen LogP contribution is 2.60. The molecule has 0 radical (unpaired) electrons. The molecule has 0 aromatic heterocycles. The van der Waals surface area contributed by atoms with Gasteiger partial charge in [-0.15, -0.1) is 0 Å². The Balaban J connectivity index is 1.69. The Morgan fingerprint density at radius 2 is 2.27 bits per heavy atom. The zero-order valence-electron chi connectivity index (χ0n) is 13.8. The van der Waals surface area contributed by atoms with E-state index in [0.29, 0.717) is 17.4 Å². The molecule has 122 valence electrons. The lowest BCUT2D eigenvalue weighted by Gasteiger charge is -2.44. The van der Waals surface area contributed by atoms with Gasteiger partial charge in [0.05, 0.1) is 0 Å². The quantitative estimate of drug-likeness (QED) is 0.704. The fraction of sp³-hybridized carbons (Fsp3) is 0.737. The summed E-state index contributed by atoms with van der Waals surface area (Å²) >= 11 is 3.59. The Morgan fingerprint density at radius 3 is 2.91 bits per heavy atom. The van der Waals surface area contributed by atoms with E-state index < -0.39 is 0 Å². The number of rotatable bonds is 3. The van der Waals surface area contributed by atoms with E-state index in [1.165, 1.54) is 32.1 Å². The van der Waals surface area contributed by atoms with Gasteiger partial charge < -0.3 is 5.32 Å². The van der Waals surface area contributed by atoms with E-state index in [4.69, 9.17) is 0 Å². The Hall–Kier alpha value is -0.570. The fourth-order valence-corrected chi connectivity index (χ4v) is 6.18. The summed E-state index contributed by atoms with van der Waals surface area (Å²) in [6.45, 7) is 8.79. The number of hydrogen-bond acceptors (Lipinski definition) is 1. The van der Waals surface area contributed by atoms with E-state index in [9.17, 15) is 4.79 Å². The molecular weight excluding hydrogens is 338 g/mol. The molecule has 0 aromatic carbocycles. The molecule has 2 unspecified atom stereocenters. The van der Waals surface area contributed by atoms with Crippen LogP contribution in [0.3, 0.4) is 0 Å². The second-order valence-corrected chi connectivity index (χ2v) is 8.43. The first-order valence-corrected chi connectivity index (χ1v) is 9.65. The standard InChI is InChI=1S/C19H28BrNO/c1-12(9-15-10-13(2)18(22)21-15)16-6-7-17-14(11-20)5-4-8-19(16,17)3/h11-12,15-17H,2,4-10H2,1,3H3,(H,21,22)/b14-11+/t12-,15?,16-,17?,19-/m1/s1. The Kier molecular flexibility index (Phi) is 4.55. The topological polar surface area (TPSA) is 29.1 Å². The van der Waals surface area contributed by atoms with Gasteiger partial charge in [0.1, 0.15) is 0 Å². The largest absolute Gasteiger partial charge is 0.349 e. The molecule has 5 atom stereocenters. The number of allylic oxidation sites excluding steroid dienone is 1. The summed E-state index contributed by atoms with van der Waals surface area (Å²) in [5, 5.41) is 3.11. The maximum atomic E-state index is 11.6. The van der Waals surface area contributed by atoms with Gasteiger partial charge in [0, 0.05) is 11.6 Å². The Morgan fingerprint density at radius 1 is 1.50 bits per heavy atom. The first-order chi connectivity index (χ1) is 10.5. The van der Waals surface area contributed by atoms with Crippen molar-refractivity contribution in [2.75, 3.05) is 0 Å². The molecule has 1 heterocycles. The monoisotopic (exact) mass is 365 g/mol. The summed E-state index contributed by atoms with van der Waals surface area (Å²) in [7, 11) is 0. The van der Waals surface area contributed by atoms with Gasteiger partial charge in [0.15, 0.2) is 0 Å². The first kappa shape index (κ1) is 16.3. The molecular formula is C19H28BrNO. The summed E-state index contributed by atoms with van der Waals surface area (Å²) in [5.74, 6) is 2.28. The lowest BCUT2D eigenvalue weighted by atomic mass is 9.61. The summed E-state index contributed by atoms with van der Waals surface area (Å²) in [6, 6.07) is 0.312. The van der Waals surface area contributed by atoms with Crippen LogP contribution < -0.4 is 5.32 Å². The predicted octanol–water partition coefficient (Wildman–Crippen LogP) is 4.95. The van der Waals surface area contributed by atoms with Gasteiger partial charge in [-0.3, -0.25) is 4.79 Å². The van der Waals surface area contributed by atoms with Gasteiger partial charge in [-0.1, -0.05) is 41.9 Å². The fourth-order valence-electron chi connectivity index (χ4n) is 5.63. The second-order valence-electron chi connectivity index (χ2n) is 7.97. The van der Waals surface area contributed by atoms with Crippen molar-refractivity contribution in [1.82, 2.24) is 5.32 Å². The number of fused-ring (bicyclic) bond motifs is 1. The number of hydrogen-bond donors (Lipinski definition) is 1. The third kappa shape index (κ3) is 2.70. The van der Waals surface area contributed by atoms with Crippen molar-refractivity contribution in [3.05, 3.63) is 22.7 Å². The molecule has 3 rings (SSSR count). The molecule has 3 aliphatic rings. The van der Waals surface area contributed by atoms with E-state index in [2.05, 4.69) is 46.7 Å². The SMILES string of the molecule is C=C1CC(C[C@@H](C)[C@H]2CCC3/C(=C/Br)CCC[C@@]32C)NC1=O. The highest BCUT2D eigenvalue weighted by atomic mass is 79.9. The van der Waals surface area contributed by atoms with Crippen LogP contribution in [0.4, 0.5) is 0 Å². The Labute approximate surface area is 142 Å². The zero-order valence-corrected chi connectivity index (χ0v) is 15.4. The van der Waals surface area contributed by atoms with E-state index in [1.807, 2.05) is 0 Å². The van der Waals surface area contributed by atoms with Gasteiger partial charge in [0.25, 0.3) is 0 Å². The van der Waals surface area contributed by atoms with Gasteiger partial charge >= 0.3 is 0 Å². The smallest absolute Gasteiger partial charge is 0.246 e. The first-order valence-electron chi connectivity index (χ1n) is 8.73. The predicted molar refractivity (Wildman–Crippen MR) is 94.7 cm³/mol. The van der Waals surface area contributed by atoms with Crippen molar-refractivity contribution < 1.29 is 4.79 Å². The van der Waals surface area contributed by atoms with Crippen molar-refractivity contribution in [2.45, 2.75) is 64.8 Å². The van der Waals surface area contributed by atoms with Crippen LogP contribution in [0.5, 0.6) is 0 Å². The van der Waals surface area contributed by atoms with E-state index >= 15 is 0 Å². The lowest BCUT2D eigenvalue weighted by Crippen LogP contribution is -2.37.